The van der Waals surface area contributed by atoms with Crippen molar-refractivity contribution in [2.75, 3.05) is 0 Å². The van der Waals surface area contributed by atoms with Gasteiger partial charge in [-0.25, -0.2) is 0 Å². The summed E-state index contributed by atoms with van der Waals surface area (Å²) in [7, 11) is 0. The van der Waals surface area contributed by atoms with Crippen molar-refractivity contribution in [3.8, 4) is 5.75 Å². The van der Waals surface area contributed by atoms with E-state index in [0.717, 1.165) is 22.4 Å². The van der Waals surface area contributed by atoms with Crippen LogP contribution in [0.1, 0.15) is 42.0 Å². The molecule has 0 radical (unpaired) electrons. The number of hydrogen-bond donors (Lipinski definition) is 1. The van der Waals surface area contributed by atoms with Crippen LogP contribution in [0, 0.1) is 13.8 Å². The minimum atomic E-state index is -0.802. The Morgan fingerprint density at radius 1 is 1.09 bits per heavy atom. The van der Waals surface area contributed by atoms with Crippen LogP contribution < -0.4 is 4.74 Å². The zero-order chi connectivity index (χ0) is 17.0. The molecule has 0 aliphatic carbocycles. The maximum atomic E-state index is 11.7. The van der Waals surface area contributed by atoms with Crippen molar-refractivity contribution in [3.05, 3.63) is 64.7 Å². The molecule has 2 aromatic rings. The lowest BCUT2D eigenvalue weighted by Crippen LogP contribution is -2.15. The van der Waals surface area contributed by atoms with Crippen LogP contribution in [0.3, 0.4) is 0 Å². The molecular weight excluding hydrogens is 288 g/mol. The average Bonchev–Trinajstić information content (AvgIpc) is 2.47. The largest absolute Gasteiger partial charge is 0.491 e. The Bertz CT molecular complexity index is 689. The summed E-state index contributed by atoms with van der Waals surface area (Å²) in [5, 5.41) is 9.63. The first-order valence-electron chi connectivity index (χ1n) is 7.92. The van der Waals surface area contributed by atoms with Crippen molar-refractivity contribution >= 4 is 5.97 Å². The standard InChI is InChI=1S/C20H24O3/c1-13(2)23-18-7-5-6-16(11-18)12-19(20(21)22)17-9-8-14(3)15(4)10-17/h5-11,13,19H,12H2,1-4H3,(H,21,22). The molecule has 0 saturated carbocycles. The first-order valence-corrected chi connectivity index (χ1v) is 7.92. The van der Waals surface area contributed by atoms with Crippen LogP contribution in [0.15, 0.2) is 42.5 Å². The third-order valence-electron chi connectivity index (χ3n) is 3.94. The minimum absolute atomic E-state index is 0.0975. The number of carbonyl (C=O) groups is 1. The van der Waals surface area contributed by atoms with E-state index in [4.69, 9.17) is 4.74 Å². The lowest BCUT2D eigenvalue weighted by atomic mass is 9.90. The van der Waals surface area contributed by atoms with Crippen LogP contribution in [-0.2, 0) is 11.2 Å². The molecule has 3 heteroatoms. The summed E-state index contributed by atoms with van der Waals surface area (Å²) in [5.41, 5.74) is 4.10. The third-order valence-corrected chi connectivity index (χ3v) is 3.94. The topological polar surface area (TPSA) is 46.5 Å². The molecule has 0 aliphatic heterocycles. The van der Waals surface area contributed by atoms with Crippen LogP contribution in [-0.4, -0.2) is 17.2 Å². The second-order valence-corrected chi connectivity index (χ2v) is 6.25. The monoisotopic (exact) mass is 312 g/mol. The van der Waals surface area contributed by atoms with Crippen molar-refractivity contribution in [2.45, 2.75) is 46.1 Å². The number of carboxylic acid groups (broad SMARTS) is 1. The van der Waals surface area contributed by atoms with Gasteiger partial charge in [0.05, 0.1) is 12.0 Å². The summed E-state index contributed by atoms with van der Waals surface area (Å²) in [4.78, 5) is 11.7. The highest BCUT2D eigenvalue weighted by Gasteiger charge is 2.21. The first-order chi connectivity index (χ1) is 10.9. The van der Waals surface area contributed by atoms with Gasteiger partial charge >= 0.3 is 5.97 Å². The van der Waals surface area contributed by atoms with E-state index < -0.39 is 11.9 Å². The molecule has 3 nitrogen and oxygen atoms in total. The Kier molecular flexibility index (Phi) is 5.43. The Morgan fingerprint density at radius 3 is 2.43 bits per heavy atom. The van der Waals surface area contributed by atoms with E-state index in [1.807, 2.05) is 70.2 Å². The van der Waals surface area contributed by atoms with E-state index in [0.29, 0.717) is 6.42 Å². The molecule has 23 heavy (non-hydrogen) atoms. The van der Waals surface area contributed by atoms with Gasteiger partial charge in [-0.2, -0.15) is 0 Å². The van der Waals surface area contributed by atoms with E-state index in [1.54, 1.807) is 0 Å². The molecule has 0 saturated heterocycles. The van der Waals surface area contributed by atoms with Gasteiger partial charge < -0.3 is 9.84 Å². The summed E-state index contributed by atoms with van der Waals surface area (Å²) in [6.07, 6.45) is 0.549. The maximum absolute atomic E-state index is 11.7. The number of hydrogen-bond acceptors (Lipinski definition) is 2. The van der Waals surface area contributed by atoms with Gasteiger partial charge in [0.1, 0.15) is 5.75 Å². The Labute approximate surface area is 137 Å². The zero-order valence-corrected chi connectivity index (χ0v) is 14.2. The lowest BCUT2D eigenvalue weighted by Gasteiger charge is -2.16. The van der Waals surface area contributed by atoms with Crippen LogP contribution in [0.4, 0.5) is 0 Å². The van der Waals surface area contributed by atoms with E-state index in [9.17, 15) is 9.90 Å². The molecule has 1 unspecified atom stereocenters. The molecule has 0 aromatic heterocycles. The Balaban J connectivity index is 2.26. The molecule has 2 rings (SSSR count). The molecule has 122 valence electrons. The SMILES string of the molecule is Cc1ccc(C(Cc2cccc(OC(C)C)c2)C(=O)O)cc1C. The van der Waals surface area contributed by atoms with Gasteiger partial charge in [-0.3, -0.25) is 4.79 Å². The van der Waals surface area contributed by atoms with Crippen molar-refractivity contribution in [1.29, 1.82) is 0 Å². The Hall–Kier alpha value is -2.29. The molecule has 0 bridgehead atoms. The number of aryl methyl sites for hydroxylation is 2. The van der Waals surface area contributed by atoms with Gasteiger partial charge in [-0.15, -0.1) is 0 Å². The number of aliphatic carboxylic acids is 1. The van der Waals surface area contributed by atoms with Crippen LogP contribution in [0.5, 0.6) is 5.75 Å². The predicted molar refractivity (Wildman–Crippen MR) is 92.2 cm³/mol. The molecule has 0 aliphatic rings. The molecule has 0 amide bonds. The number of carboxylic acids is 1. The maximum Gasteiger partial charge on any atom is 0.311 e. The van der Waals surface area contributed by atoms with Crippen molar-refractivity contribution < 1.29 is 14.6 Å². The predicted octanol–water partition coefficient (Wildman–Crippen LogP) is 4.50. The summed E-state index contributed by atoms with van der Waals surface area (Å²) in [5.74, 6) is -0.575. The van der Waals surface area contributed by atoms with Crippen LogP contribution >= 0.6 is 0 Å². The van der Waals surface area contributed by atoms with E-state index in [2.05, 4.69) is 0 Å². The molecule has 0 spiro atoms. The average molecular weight is 312 g/mol. The highest BCUT2D eigenvalue weighted by Crippen LogP contribution is 2.25. The second kappa shape index (κ2) is 7.32. The van der Waals surface area contributed by atoms with E-state index >= 15 is 0 Å². The number of benzene rings is 2. The van der Waals surface area contributed by atoms with Gasteiger partial charge in [0, 0.05) is 0 Å². The zero-order valence-electron chi connectivity index (χ0n) is 14.2. The first kappa shape index (κ1) is 17.1. The molecule has 0 fully saturated rings. The lowest BCUT2D eigenvalue weighted by molar-refractivity contribution is -0.138. The third kappa shape index (κ3) is 4.59. The quantitative estimate of drug-likeness (QED) is 0.854. The van der Waals surface area contributed by atoms with Gasteiger partial charge in [0.25, 0.3) is 0 Å². The van der Waals surface area contributed by atoms with E-state index in [1.165, 1.54) is 5.56 Å². The van der Waals surface area contributed by atoms with E-state index in [-0.39, 0.29) is 6.10 Å². The fourth-order valence-corrected chi connectivity index (χ4v) is 2.58. The van der Waals surface area contributed by atoms with Crippen LogP contribution in [0.25, 0.3) is 0 Å². The molecule has 0 heterocycles. The van der Waals surface area contributed by atoms with Gasteiger partial charge in [-0.1, -0.05) is 30.3 Å². The summed E-state index contributed by atoms with van der Waals surface area (Å²) in [6.45, 7) is 7.99. The fraction of sp³-hybridized carbons (Fsp3) is 0.350. The molecule has 2 aromatic carbocycles. The summed E-state index contributed by atoms with van der Waals surface area (Å²) < 4.78 is 5.69. The smallest absolute Gasteiger partial charge is 0.311 e. The van der Waals surface area contributed by atoms with Gasteiger partial charge in [0.2, 0.25) is 0 Å². The van der Waals surface area contributed by atoms with Crippen molar-refractivity contribution in [3.63, 3.8) is 0 Å². The van der Waals surface area contributed by atoms with Gasteiger partial charge in [-0.05, 0) is 68.5 Å². The molecule has 1 atom stereocenters. The fourth-order valence-electron chi connectivity index (χ4n) is 2.58. The number of rotatable bonds is 6. The minimum Gasteiger partial charge on any atom is -0.491 e. The highest BCUT2D eigenvalue weighted by atomic mass is 16.5. The van der Waals surface area contributed by atoms with Gasteiger partial charge in [0.15, 0.2) is 0 Å². The van der Waals surface area contributed by atoms with Crippen molar-refractivity contribution in [1.82, 2.24) is 0 Å². The summed E-state index contributed by atoms with van der Waals surface area (Å²) >= 11 is 0. The summed E-state index contributed by atoms with van der Waals surface area (Å²) in [6, 6.07) is 13.6. The highest BCUT2D eigenvalue weighted by molar-refractivity contribution is 5.76. The Morgan fingerprint density at radius 2 is 1.83 bits per heavy atom. The van der Waals surface area contributed by atoms with Crippen LogP contribution in [0.2, 0.25) is 0 Å². The molecule has 1 N–H and O–H groups in total. The van der Waals surface area contributed by atoms with Crippen molar-refractivity contribution in [2.24, 2.45) is 0 Å². The second-order valence-electron chi connectivity index (χ2n) is 6.25. The number of ether oxygens (including phenoxy) is 1. The molecular formula is C20H24O3. The normalized spacial score (nSPS) is 12.2.